The van der Waals surface area contributed by atoms with Crippen LogP contribution in [0.1, 0.15) is 29.0 Å². The maximum atomic E-state index is 14.0. The normalized spacial score (nSPS) is 12.7. The number of rotatable bonds is 4. The average Bonchev–Trinajstić information content (AvgIpc) is 2.74. The van der Waals surface area contributed by atoms with Crippen LogP contribution in [0.15, 0.2) is 29.6 Å². The molecule has 0 aliphatic carbocycles. The first kappa shape index (κ1) is 13.5. The van der Waals surface area contributed by atoms with Crippen LogP contribution >= 0.6 is 22.9 Å². The highest BCUT2D eigenvalue weighted by atomic mass is 35.5. The summed E-state index contributed by atoms with van der Waals surface area (Å²) in [4.78, 5) is 1.18. The molecule has 96 valence electrons. The number of nitrogens with one attached hydrogen (secondary N) is 1. The fourth-order valence-electron chi connectivity index (χ4n) is 2.05. The topological polar surface area (TPSA) is 12.0 Å². The van der Waals surface area contributed by atoms with Crippen LogP contribution in [-0.4, -0.2) is 6.54 Å². The SMILES string of the molecule is CCNC(c1ccsc1C)c1c(F)cccc1Cl. The van der Waals surface area contributed by atoms with Crippen molar-refractivity contribution in [3.8, 4) is 0 Å². The van der Waals surface area contributed by atoms with Gasteiger partial charge in [0, 0.05) is 15.5 Å². The second-order valence-corrected chi connectivity index (χ2v) is 5.59. The van der Waals surface area contributed by atoms with Crippen molar-refractivity contribution in [1.29, 1.82) is 0 Å². The highest BCUT2D eigenvalue weighted by Crippen LogP contribution is 2.33. The summed E-state index contributed by atoms with van der Waals surface area (Å²) in [7, 11) is 0. The minimum Gasteiger partial charge on any atom is -0.306 e. The van der Waals surface area contributed by atoms with Gasteiger partial charge in [-0.3, -0.25) is 0 Å². The van der Waals surface area contributed by atoms with Gasteiger partial charge in [0.15, 0.2) is 0 Å². The quantitative estimate of drug-likeness (QED) is 0.868. The van der Waals surface area contributed by atoms with Crippen LogP contribution in [0.4, 0.5) is 4.39 Å². The largest absolute Gasteiger partial charge is 0.306 e. The van der Waals surface area contributed by atoms with Crippen molar-refractivity contribution >= 4 is 22.9 Å². The standard InChI is InChI=1S/C14H15ClFNS/c1-3-17-14(10-7-8-18-9(10)2)13-11(15)5-4-6-12(13)16/h4-8,14,17H,3H2,1-2H3. The van der Waals surface area contributed by atoms with E-state index in [9.17, 15) is 4.39 Å². The molecule has 0 aliphatic rings. The summed E-state index contributed by atoms with van der Waals surface area (Å²) < 4.78 is 14.0. The zero-order chi connectivity index (χ0) is 13.1. The predicted octanol–water partition coefficient (Wildman–Crippen LogP) is 4.55. The summed E-state index contributed by atoms with van der Waals surface area (Å²) in [5.41, 5.74) is 1.62. The molecule has 0 radical (unpaired) electrons. The van der Waals surface area contributed by atoms with Crippen LogP contribution in [-0.2, 0) is 0 Å². The van der Waals surface area contributed by atoms with Gasteiger partial charge in [0.2, 0.25) is 0 Å². The Morgan fingerprint density at radius 2 is 2.17 bits per heavy atom. The Morgan fingerprint density at radius 1 is 1.39 bits per heavy atom. The Bertz CT molecular complexity index is 518. The lowest BCUT2D eigenvalue weighted by Crippen LogP contribution is -2.23. The van der Waals surface area contributed by atoms with Crippen molar-refractivity contribution in [2.75, 3.05) is 6.54 Å². The van der Waals surface area contributed by atoms with Crippen molar-refractivity contribution < 1.29 is 4.39 Å². The average molecular weight is 284 g/mol. The molecule has 2 rings (SSSR count). The molecule has 0 fully saturated rings. The van der Waals surface area contributed by atoms with Crippen molar-refractivity contribution in [3.05, 3.63) is 56.5 Å². The Morgan fingerprint density at radius 3 is 2.72 bits per heavy atom. The van der Waals surface area contributed by atoms with Gasteiger partial charge < -0.3 is 5.32 Å². The Labute approximate surface area is 116 Å². The Kier molecular flexibility index (Phi) is 4.38. The highest BCUT2D eigenvalue weighted by molar-refractivity contribution is 7.10. The molecule has 1 atom stereocenters. The fourth-order valence-corrected chi connectivity index (χ4v) is 3.07. The Hall–Kier alpha value is -0.900. The maximum Gasteiger partial charge on any atom is 0.129 e. The van der Waals surface area contributed by atoms with Crippen LogP contribution < -0.4 is 5.32 Å². The molecule has 1 nitrogen and oxygen atoms in total. The first-order valence-corrected chi connectivity index (χ1v) is 7.12. The minimum atomic E-state index is -0.265. The van der Waals surface area contributed by atoms with E-state index in [2.05, 4.69) is 5.32 Å². The molecule has 0 saturated heterocycles. The predicted molar refractivity (Wildman–Crippen MR) is 76.0 cm³/mol. The first-order valence-electron chi connectivity index (χ1n) is 5.86. The number of hydrogen-bond acceptors (Lipinski definition) is 2. The van der Waals surface area contributed by atoms with Crippen LogP contribution in [0, 0.1) is 12.7 Å². The molecule has 4 heteroatoms. The fraction of sp³-hybridized carbons (Fsp3) is 0.286. The van der Waals surface area contributed by atoms with Gasteiger partial charge in [-0.25, -0.2) is 4.39 Å². The van der Waals surface area contributed by atoms with Crippen LogP contribution in [0.5, 0.6) is 0 Å². The smallest absolute Gasteiger partial charge is 0.129 e. The molecule has 18 heavy (non-hydrogen) atoms. The van der Waals surface area contributed by atoms with Gasteiger partial charge in [-0.15, -0.1) is 11.3 Å². The van der Waals surface area contributed by atoms with Gasteiger partial charge in [0.25, 0.3) is 0 Å². The molecule has 0 spiro atoms. The number of halogens is 2. The van der Waals surface area contributed by atoms with E-state index >= 15 is 0 Å². The van der Waals surface area contributed by atoms with Gasteiger partial charge in [-0.2, -0.15) is 0 Å². The third-order valence-corrected chi connectivity index (χ3v) is 4.10. The van der Waals surface area contributed by atoms with E-state index < -0.39 is 0 Å². The molecule has 0 aliphatic heterocycles. The zero-order valence-electron chi connectivity index (χ0n) is 10.3. The van der Waals surface area contributed by atoms with Crippen LogP contribution in [0.25, 0.3) is 0 Å². The van der Waals surface area contributed by atoms with Crippen molar-refractivity contribution in [3.63, 3.8) is 0 Å². The number of thiophene rings is 1. The lowest BCUT2D eigenvalue weighted by Gasteiger charge is -2.20. The zero-order valence-corrected chi connectivity index (χ0v) is 11.9. The second-order valence-electron chi connectivity index (χ2n) is 4.06. The number of benzene rings is 1. The van der Waals surface area contributed by atoms with E-state index in [0.717, 1.165) is 12.1 Å². The molecule has 2 aromatic rings. The molecule has 0 bridgehead atoms. The van der Waals surface area contributed by atoms with Gasteiger partial charge in [-0.1, -0.05) is 24.6 Å². The lowest BCUT2D eigenvalue weighted by molar-refractivity contribution is 0.559. The molecular weight excluding hydrogens is 269 g/mol. The second kappa shape index (κ2) is 5.83. The molecule has 1 unspecified atom stereocenters. The van der Waals surface area contributed by atoms with E-state index in [1.165, 1.54) is 10.9 Å². The van der Waals surface area contributed by atoms with E-state index in [1.54, 1.807) is 23.5 Å². The number of aryl methyl sites for hydroxylation is 1. The van der Waals surface area contributed by atoms with Crippen molar-refractivity contribution in [2.45, 2.75) is 19.9 Å². The molecule has 1 aromatic carbocycles. The molecule has 1 aromatic heterocycles. The molecule has 1 N–H and O–H groups in total. The molecule has 0 saturated carbocycles. The highest BCUT2D eigenvalue weighted by Gasteiger charge is 2.21. The van der Waals surface area contributed by atoms with E-state index in [-0.39, 0.29) is 11.9 Å². The summed E-state index contributed by atoms with van der Waals surface area (Å²) in [6.07, 6.45) is 0. The summed E-state index contributed by atoms with van der Waals surface area (Å²) in [5, 5.41) is 5.79. The monoisotopic (exact) mass is 283 g/mol. The summed E-state index contributed by atoms with van der Waals surface area (Å²) in [6, 6.07) is 6.65. The molecule has 0 amide bonds. The molecule has 1 heterocycles. The third-order valence-electron chi connectivity index (χ3n) is 2.91. The minimum absolute atomic E-state index is 0.185. The summed E-state index contributed by atoms with van der Waals surface area (Å²) >= 11 is 7.81. The summed E-state index contributed by atoms with van der Waals surface area (Å²) in [6.45, 7) is 4.80. The van der Waals surface area contributed by atoms with E-state index in [0.29, 0.717) is 10.6 Å². The first-order chi connectivity index (χ1) is 8.65. The van der Waals surface area contributed by atoms with Gasteiger partial charge in [0.1, 0.15) is 5.82 Å². The van der Waals surface area contributed by atoms with Crippen LogP contribution in [0.3, 0.4) is 0 Å². The van der Waals surface area contributed by atoms with E-state index in [1.807, 2.05) is 25.3 Å². The van der Waals surface area contributed by atoms with Crippen LogP contribution in [0.2, 0.25) is 5.02 Å². The van der Waals surface area contributed by atoms with Crippen molar-refractivity contribution in [2.24, 2.45) is 0 Å². The lowest BCUT2D eigenvalue weighted by atomic mass is 9.98. The van der Waals surface area contributed by atoms with E-state index in [4.69, 9.17) is 11.6 Å². The Balaban J connectivity index is 2.52. The third kappa shape index (κ3) is 2.58. The maximum absolute atomic E-state index is 14.0. The van der Waals surface area contributed by atoms with Gasteiger partial charge in [0.05, 0.1) is 6.04 Å². The van der Waals surface area contributed by atoms with Gasteiger partial charge >= 0.3 is 0 Å². The summed E-state index contributed by atoms with van der Waals surface area (Å²) in [5.74, 6) is -0.265. The van der Waals surface area contributed by atoms with Gasteiger partial charge in [-0.05, 0) is 42.6 Å². The number of hydrogen-bond donors (Lipinski definition) is 1. The van der Waals surface area contributed by atoms with Crippen molar-refractivity contribution in [1.82, 2.24) is 5.32 Å². The molecular formula is C14H15ClFNS.